The van der Waals surface area contributed by atoms with Gasteiger partial charge in [0.1, 0.15) is 0 Å². The zero-order valence-electron chi connectivity index (χ0n) is 17.1. The summed E-state index contributed by atoms with van der Waals surface area (Å²) < 4.78 is 12.0. The number of rotatable bonds is 7. The van der Waals surface area contributed by atoms with Crippen LogP contribution in [0, 0.1) is 6.92 Å². The Kier molecular flexibility index (Phi) is 6.16. The second-order valence-electron chi connectivity index (χ2n) is 6.87. The van der Waals surface area contributed by atoms with Crippen LogP contribution in [-0.2, 0) is 11.3 Å². The summed E-state index contributed by atoms with van der Waals surface area (Å²) in [7, 11) is 3.15. The zero-order valence-corrected chi connectivity index (χ0v) is 17.1. The minimum atomic E-state index is -0.212. The van der Waals surface area contributed by atoms with E-state index in [9.17, 15) is 9.59 Å². The van der Waals surface area contributed by atoms with E-state index < -0.39 is 0 Å². The Morgan fingerprint density at radius 2 is 1.93 bits per heavy atom. The molecule has 0 aliphatic carbocycles. The van der Waals surface area contributed by atoms with E-state index in [-0.39, 0.29) is 30.5 Å². The van der Waals surface area contributed by atoms with Crippen LogP contribution < -0.4 is 20.3 Å². The molecular formula is C22H25N3O4. The summed E-state index contributed by atoms with van der Waals surface area (Å²) in [6, 6.07) is 10.8. The fourth-order valence-corrected chi connectivity index (χ4v) is 3.24. The molecule has 7 heteroatoms. The molecule has 0 radical (unpaired) electrons. The average molecular weight is 395 g/mol. The van der Waals surface area contributed by atoms with Crippen LogP contribution in [0.4, 0.5) is 0 Å². The van der Waals surface area contributed by atoms with Gasteiger partial charge in [-0.2, -0.15) is 0 Å². The lowest BCUT2D eigenvalue weighted by atomic mass is 10.1. The molecule has 0 fully saturated rings. The van der Waals surface area contributed by atoms with Gasteiger partial charge in [-0.1, -0.05) is 18.2 Å². The molecule has 0 bridgehead atoms. The van der Waals surface area contributed by atoms with E-state index in [1.54, 1.807) is 26.4 Å². The van der Waals surface area contributed by atoms with Crippen LogP contribution in [0.25, 0.3) is 10.9 Å². The SMILES string of the molecule is COc1ccc(C(C)NC(=O)CCn2cnc3c(C)cccc3c2=O)cc1OC. The van der Waals surface area contributed by atoms with Gasteiger partial charge >= 0.3 is 0 Å². The quantitative estimate of drug-likeness (QED) is 0.665. The first-order chi connectivity index (χ1) is 13.9. The van der Waals surface area contributed by atoms with E-state index in [1.807, 2.05) is 38.1 Å². The molecular weight excluding hydrogens is 370 g/mol. The number of methoxy groups -OCH3 is 2. The minimum absolute atomic E-state index is 0.139. The van der Waals surface area contributed by atoms with Crippen LogP contribution in [0.1, 0.15) is 30.5 Å². The molecule has 1 unspecified atom stereocenters. The molecule has 1 aromatic heterocycles. The molecule has 1 N–H and O–H groups in total. The van der Waals surface area contributed by atoms with Crippen molar-refractivity contribution in [2.45, 2.75) is 32.9 Å². The number of amides is 1. The van der Waals surface area contributed by atoms with Gasteiger partial charge in [0.2, 0.25) is 5.91 Å². The number of hydrogen-bond donors (Lipinski definition) is 1. The molecule has 0 aliphatic heterocycles. The highest BCUT2D eigenvalue weighted by molar-refractivity contribution is 5.80. The predicted octanol–water partition coefficient (Wildman–Crippen LogP) is 2.99. The largest absolute Gasteiger partial charge is 0.493 e. The van der Waals surface area contributed by atoms with Crippen LogP contribution in [0.15, 0.2) is 47.5 Å². The van der Waals surface area contributed by atoms with Crippen LogP contribution in [0.2, 0.25) is 0 Å². The molecule has 152 valence electrons. The van der Waals surface area contributed by atoms with Gasteiger partial charge in [0.15, 0.2) is 11.5 Å². The maximum absolute atomic E-state index is 12.6. The van der Waals surface area contributed by atoms with Crippen LogP contribution >= 0.6 is 0 Å². The van der Waals surface area contributed by atoms with E-state index in [2.05, 4.69) is 10.3 Å². The Balaban J connectivity index is 1.66. The van der Waals surface area contributed by atoms with Crippen molar-refractivity contribution in [2.24, 2.45) is 0 Å². The highest BCUT2D eigenvalue weighted by atomic mass is 16.5. The topological polar surface area (TPSA) is 82.5 Å². The second kappa shape index (κ2) is 8.77. The molecule has 0 saturated carbocycles. The third kappa shape index (κ3) is 4.39. The number of aromatic nitrogens is 2. The second-order valence-corrected chi connectivity index (χ2v) is 6.87. The molecule has 0 spiro atoms. The molecule has 1 heterocycles. The van der Waals surface area contributed by atoms with E-state index in [4.69, 9.17) is 9.47 Å². The molecule has 3 rings (SSSR count). The van der Waals surface area contributed by atoms with Crippen molar-refractivity contribution in [1.29, 1.82) is 0 Å². The van der Waals surface area contributed by atoms with Crippen molar-refractivity contribution in [2.75, 3.05) is 14.2 Å². The monoisotopic (exact) mass is 395 g/mol. The molecule has 1 atom stereocenters. The molecule has 1 amide bonds. The van der Waals surface area contributed by atoms with Gasteiger partial charge in [-0.25, -0.2) is 4.98 Å². The van der Waals surface area contributed by atoms with Gasteiger partial charge in [0.25, 0.3) is 5.56 Å². The zero-order chi connectivity index (χ0) is 21.0. The van der Waals surface area contributed by atoms with E-state index in [0.29, 0.717) is 22.4 Å². The fourth-order valence-electron chi connectivity index (χ4n) is 3.24. The van der Waals surface area contributed by atoms with Crippen molar-refractivity contribution in [3.63, 3.8) is 0 Å². The normalized spacial score (nSPS) is 11.9. The first-order valence-electron chi connectivity index (χ1n) is 9.40. The number of hydrogen-bond acceptors (Lipinski definition) is 5. The highest BCUT2D eigenvalue weighted by Gasteiger charge is 2.13. The number of aryl methyl sites for hydroxylation is 2. The standard InChI is InChI=1S/C22H25N3O4/c1-14-6-5-7-17-21(14)23-13-25(22(17)27)11-10-20(26)24-15(2)16-8-9-18(28-3)19(12-16)29-4/h5-9,12-13,15H,10-11H2,1-4H3,(H,24,26). The van der Waals surface area contributed by atoms with Gasteiger partial charge in [0, 0.05) is 13.0 Å². The van der Waals surface area contributed by atoms with Crippen molar-refractivity contribution < 1.29 is 14.3 Å². The maximum Gasteiger partial charge on any atom is 0.261 e. The maximum atomic E-state index is 12.6. The Morgan fingerprint density at radius 3 is 2.66 bits per heavy atom. The number of benzene rings is 2. The van der Waals surface area contributed by atoms with Crippen molar-refractivity contribution >= 4 is 16.8 Å². The molecule has 0 aliphatic rings. The smallest absolute Gasteiger partial charge is 0.261 e. The number of para-hydroxylation sites is 1. The Bertz CT molecular complexity index is 1090. The Labute approximate surface area is 169 Å². The van der Waals surface area contributed by atoms with Crippen molar-refractivity contribution in [3.05, 3.63) is 64.2 Å². The van der Waals surface area contributed by atoms with Crippen LogP contribution in [0.3, 0.4) is 0 Å². The third-order valence-electron chi connectivity index (χ3n) is 4.92. The van der Waals surface area contributed by atoms with Gasteiger partial charge < -0.3 is 14.8 Å². The lowest BCUT2D eigenvalue weighted by Crippen LogP contribution is -2.29. The van der Waals surface area contributed by atoms with E-state index in [0.717, 1.165) is 11.1 Å². The first-order valence-corrected chi connectivity index (χ1v) is 9.40. The van der Waals surface area contributed by atoms with Crippen molar-refractivity contribution in [3.8, 4) is 11.5 Å². The molecule has 3 aromatic rings. The van der Waals surface area contributed by atoms with Crippen LogP contribution in [-0.4, -0.2) is 29.7 Å². The Morgan fingerprint density at radius 1 is 1.17 bits per heavy atom. The minimum Gasteiger partial charge on any atom is -0.493 e. The average Bonchev–Trinajstić information content (AvgIpc) is 2.73. The summed E-state index contributed by atoms with van der Waals surface area (Å²) in [5, 5.41) is 3.51. The number of carbonyl (C=O) groups excluding carboxylic acids is 1. The van der Waals surface area contributed by atoms with Crippen molar-refractivity contribution in [1.82, 2.24) is 14.9 Å². The Hall–Kier alpha value is -3.35. The summed E-state index contributed by atoms with van der Waals surface area (Å²) >= 11 is 0. The summed E-state index contributed by atoms with van der Waals surface area (Å²) in [4.78, 5) is 29.4. The third-order valence-corrected chi connectivity index (χ3v) is 4.92. The number of nitrogens with one attached hydrogen (secondary N) is 1. The molecule has 2 aromatic carbocycles. The van der Waals surface area contributed by atoms with Gasteiger partial charge in [-0.15, -0.1) is 0 Å². The summed E-state index contributed by atoms with van der Waals surface area (Å²) in [5.41, 5.74) is 2.41. The molecule has 29 heavy (non-hydrogen) atoms. The first kappa shape index (κ1) is 20.4. The number of ether oxygens (including phenoxy) is 2. The van der Waals surface area contributed by atoms with E-state index >= 15 is 0 Å². The highest BCUT2D eigenvalue weighted by Crippen LogP contribution is 2.29. The van der Waals surface area contributed by atoms with Crippen LogP contribution in [0.5, 0.6) is 11.5 Å². The lowest BCUT2D eigenvalue weighted by molar-refractivity contribution is -0.121. The number of nitrogens with zero attached hydrogens (tertiary/aromatic N) is 2. The lowest BCUT2D eigenvalue weighted by Gasteiger charge is -2.17. The summed E-state index contributed by atoms with van der Waals surface area (Å²) in [6.45, 7) is 4.08. The number of fused-ring (bicyclic) bond motifs is 1. The van der Waals surface area contributed by atoms with Gasteiger partial charge in [-0.05, 0) is 43.2 Å². The van der Waals surface area contributed by atoms with E-state index in [1.165, 1.54) is 10.9 Å². The molecule has 7 nitrogen and oxygen atoms in total. The van der Waals surface area contributed by atoms with Gasteiger partial charge in [-0.3, -0.25) is 14.2 Å². The molecule has 0 saturated heterocycles. The fraction of sp³-hybridized carbons (Fsp3) is 0.318. The summed E-state index contributed by atoms with van der Waals surface area (Å²) in [6.07, 6.45) is 1.68. The number of carbonyl (C=O) groups is 1. The summed E-state index contributed by atoms with van der Waals surface area (Å²) in [5.74, 6) is 1.09. The van der Waals surface area contributed by atoms with Gasteiger partial charge in [0.05, 0.1) is 37.5 Å². The predicted molar refractivity (Wildman–Crippen MR) is 111 cm³/mol.